The molecule has 0 bridgehead atoms. The molecule has 0 aliphatic heterocycles. The highest BCUT2D eigenvalue weighted by Crippen LogP contribution is 2.67. The Labute approximate surface area is 202 Å². The number of anilines is 1. The number of rotatable bonds is 4. The zero-order chi connectivity index (χ0) is 24.3. The lowest BCUT2D eigenvalue weighted by molar-refractivity contribution is -0.182. The fourth-order valence-corrected chi connectivity index (χ4v) is 7.83. The van der Waals surface area contributed by atoms with Crippen LogP contribution in [-0.4, -0.2) is 30.2 Å². The van der Waals surface area contributed by atoms with Gasteiger partial charge in [0.1, 0.15) is 5.78 Å². The number of benzene rings is 1. The molecule has 34 heavy (non-hydrogen) atoms. The van der Waals surface area contributed by atoms with E-state index in [0.29, 0.717) is 31.0 Å². The molecule has 3 saturated carbocycles. The number of hydrogen-bond donors (Lipinski definition) is 1. The highest BCUT2D eigenvalue weighted by Gasteiger charge is 2.67. The van der Waals surface area contributed by atoms with Crippen LogP contribution in [0.5, 0.6) is 0 Å². The van der Waals surface area contributed by atoms with E-state index in [-0.39, 0.29) is 23.6 Å². The van der Waals surface area contributed by atoms with Crippen molar-refractivity contribution in [1.29, 1.82) is 0 Å². The summed E-state index contributed by atoms with van der Waals surface area (Å²) in [4.78, 5) is 37.6. The summed E-state index contributed by atoms with van der Waals surface area (Å²) < 4.78 is 5.98. The minimum Gasteiger partial charge on any atom is -0.451 e. The van der Waals surface area contributed by atoms with Gasteiger partial charge in [-0.3, -0.25) is 14.4 Å². The van der Waals surface area contributed by atoms with Crippen molar-refractivity contribution in [3.63, 3.8) is 0 Å². The molecule has 3 unspecified atom stereocenters. The number of hydrogen-bond acceptors (Lipinski definition) is 5. The van der Waals surface area contributed by atoms with Crippen LogP contribution in [0.1, 0.15) is 77.2 Å². The van der Waals surface area contributed by atoms with E-state index in [1.165, 1.54) is 29.2 Å². The maximum absolute atomic E-state index is 13.2. The Hall–Kier alpha value is -2.69. The molecule has 5 heteroatoms. The predicted octanol–water partition coefficient (Wildman–Crippen LogP) is 5.52. The van der Waals surface area contributed by atoms with Crippen LogP contribution in [0.3, 0.4) is 0 Å². The van der Waals surface area contributed by atoms with Crippen molar-refractivity contribution in [3.8, 4) is 0 Å². The summed E-state index contributed by atoms with van der Waals surface area (Å²) in [6.07, 6.45) is 7.37. The highest BCUT2D eigenvalue weighted by molar-refractivity contribution is 5.89. The monoisotopic (exact) mass is 461 g/mol. The normalized spacial score (nSPS) is 34.5. The quantitative estimate of drug-likeness (QED) is 0.598. The Kier molecular flexibility index (Phi) is 5.57. The molecule has 1 aromatic carbocycles. The minimum absolute atomic E-state index is 0.0385. The molecule has 0 spiro atoms. The van der Waals surface area contributed by atoms with Crippen molar-refractivity contribution in [2.24, 2.45) is 17.3 Å². The van der Waals surface area contributed by atoms with E-state index in [1.807, 2.05) is 7.05 Å². The van der Waals surface area contributed by atoms with E-state index in [1.54, 1.807) is 6.92 Å². The van der Waals surface area contributed by atoms with Crippen molar-refractivity contribution in [2.75, 3.05) is 12.4 Å². The molecule has 180 valence electrons. The molecule has 1 N–H and O–H groups in total. The van der Waals surface area contributed by atoms with Gasteiger partial charge in [0.25, 0.3) is 0 Å². The fourth-order valence-electron chi connectivity index (χ4n) is 7.83. The standard InChI is InChI=1S/C29H35NO4/c1-17(31)29(34-18(2)32)14-13-26-24-11-7-20-15-22(33)10-12-23(20)27(24)25(16-28(26,29)3)19-5-8-21(30-4)9-6-19/h5-9,24-26,30H,10-16H2,1-4H3/t24?,25?,26?,28-,29-/m0/s1. The van der Waals surface area contributed by atoms with Crippen LogP contribution in [0.15, 0.2) is 47.1 Å². The highest BCUT2D eigenvalue weighted by atomic mass is 16.6. The second-order valence-corrected chi connectivity index (χ2v) is 10.9. The third-order valence-corrected chi connectivity index (χ3v) is 9.32. The smallest absolute Gasteiger partial charge is 0.303 e. The summed E-state index contributed by atoms with van der Waals surface area (Å²) in [5.74, 6) is 0.613. The van der Waals surface area contributed by atoms with Crippen molar-refractivity contribution in [3.05, 3.63) is 52.6 Å². The van der Waals surface area contributed by atoms with E-state index < -0.39 is 11.0 Å². The van der Waals surface area contributed by atoms with Gasteiger partial charge < -0.3 is 10.1 Å². The maximum Gasteiger partial charge on any atom is 0.303 e. The Morgan fingerprint density at radius 1 is 1.12 bits per heavy atom. The zero-order valence-electron chi connectivity index (χ0n) is 20.7. The van der Waals surface area contributed by atoms with E-state index in [9.17, 15) is 14.4 Å². The van der Waals surface area contributed by atoms with Gasteiger partial charge >= 0.3 is 5.97 Å². The van der Waals surface area contributed by atoms with Gasteiger partial charge in [0.05, 0.1) is 0 Å². The van der Waals surface area contributed by atoms with Crippen LogP contribution >= 0.6 is 0 Å². The van der Waals surface area contributed by atoms with Gasteiger partial charge in [-0.05, 0) is 79.7 Å². The summed E-state index contributed by atoms with van der Waals surface area (Å²) in [7, 11) is 1.91. The Morgan fingerprint density at radius 2 is 1.85 bits per heavy atom. The molecule has 0 radical (unpaired) electrons. The molecule has 0 heterocycles. The van der Waals surface area contributed by atoms with Crippen molar-refractivity contribution < 1.29 is 19.1 Å². The molecule has 0 saturated heterocycles. The van der Waals surface area contributed by atoms with Crippen LogP contribution in [0, 0.1) is 17.3 Å². The molecular weight excluding hydrogens is 426 g/mol. The molecule has 0 aromatic heterocycles. The minimum atomic E-state index is -1.07. The van der Waals surface area contributed by atoms with E-state index in [4.69, 9.17) is 4.74 Å². The average molecular weight is 462 g/mol. The third-order valence-electron chi connectivity index (χ3n) is 9.32. The lowest BCUT2D eigenvalue weighted by Crippen LogP contribution is -2.57. The topological polar surface area (TPSA) is 72.5 Å². The predicted molar refractivity (Wildman–Crippen MR) is 131 cm³/mol. The third kappa shape index (κ3) is 3.30. The largest absolute Gasteiger partial charge is 0.451 e. The number of ether oxygens (including phenoxy) is 1. The summed E-state index contributed by atoms with van der Waals surface area (Å²) in [5.41, 5.74) is 4.86. The first kappa shape index (κ1) is 23.1. The number of carbonyl (C=O) groups is 3. The number of carbonyl (C=O) groups excluding carboxylic acids is 3. The van der Waals surface area contributed by atoms with Crippen LogP contribution < -0.4 is 5.32 Å². The summed E-state index contributed by atoms with van der Waals surface area (Å²) in [6.45, 7) is 5.20. The summed E-state index contributed by atoms with van der Waals surface area (Å²) in [6, 6.07) is 8.58. The summed E-state index contributed by atoms with van der Waals surface area (Å²) >= 11 is 0. The van der Waals surface area contributed by atoms with Gasteiger partial charge in [0.2, 0.25) is 0 Å². The number of ketones is 2. The van der Waals surface area contributed by atoms with Crippen LogP contribution in [0.25, 0.3) is 0 Å². The Bertz CT molecular complexity index is 1110. The van der Waals surface area contributed by atoms with Gasteiger partial charge in [-0.15, -0.1) is 0 Å². The molecule has 5 nitrogen and oxygen atoms in total. The molecule has 0 amide bonds. The van der Waals surface area contributed by atoms with Gasteiger partial charge in [-0.1, -0.05) is 30.7 Å². The first-order valence-electron chi connectivity index (χ1n) is 12.6. The first-order valence-corrected chi connectivity index (χ1v) is 12.6. The van der Waals surface area contributed by atoms with E-state index in [0.717, 1.165) is 31.4 Å². The van der Waals surface area contributed by atoms with Crippen molar-refractivity contribution >= 4 is 23.2 Å². The number of fused-ring (bicyclic) bond motifs is 4. The molecule has 1 aromatic rings. The van der Waals surface area contributed by atoms with Crippen molar-refractivity contribution in [2.45, 2.75) is 77.2 Å². The number of Topliss-reactive ketones (excluding diaryl/α,β-unsaturated/α-hetero) is 2. The molecular formula is C29H35NO4. The van der Waals surface area contributed by atoms with Crippen LogP contribution in [-0.2, 0) is 19.1 Å². The molecule has 4 aliphatic rings. The van der Waals surface area contributed by atoms with Crippen LogP contribution in [0.4, 0.5) is 5.69 Å². The fraction of sp³-hybridized carbons (Fsp3) is 0.552. The number of allylic oxidation sites excluding steroid dienone is 4. The van der Waals surface area contributed by atoms with E-state index in [2.05, 4.69) is 42.6 Å². The second kappa shape index (κ2) is 8.21. The number of nitrogens with one attached hydrogen (secondary N) is 1. The molecule has 5 atom stereocenters. The van der Waals surface area contributed by atoms with Gasteiger partial charge in [-0.25, -0.2) is 0 Å². The average Bonchev–Trinajstić information content (AvgIpc) is 3.10. The van der Waals surface area contributed by atoms with E-state index >= 15 is 0 Å². The first-order chi connectivity index (χ1) is 16.2. The SMILES string of the molecule is CNc1ccc(C2C[C@@]3(C)C(CC[C@]3(OC(C)=O)C(C)=O)C3CC=C4CC(=O)CCC4=C23)cc1. The Balaban J connectivity index is 1.67. The van der Waals surface area contributed by atoms with Gasteiger partial charge in [0, 0.05) is 43.8 Å². The molecule has 5 rings (SSSR count). The lowest BCUT2D eigenvalue weighted by atomic mass is 9.51. The van der Waals surface area contributed by atoms with Gasteiger partial charge in [0.15, 0.2) is 11.4 Å². The zero-order valence-corrected chi connectivity index (χ0v) is 20.7. The van der Waals surface area contributed by atoms with Crippen molar-refractivity contribution in [1.82, 2.24) is 0 Å². The summed E-state index contributed by atoms with van der Waals surface area (Å²) in [5, 5.41) is 3.20. The second-order valence-electron chi connectivity index (χ2n) is 10.9. The lowest BCUT2D eigenvalue weighted by Gasteiger charge is -2.54. The maximum atomic E-state index is 13.2. The van der Waals surface area contributed by atoms with Crippen LogP contribution in [0.2, 0.25) is 0 Å². The number of esters is 1. The Morgan fingerprint density at radius 3 is 2.50 bits per heavy atom. The molecule has 4 aliphatic carbocycles. The molecule has 3 fully saturated rings. The van der Waals surface area contributed by atoms with Gasteiger partial charge in [-0.2, -0.15) is 0 Å².